The molecule has 0 spiro atoms. The summed E-state index contributed by atoms with van der Waals surface area (Å²) >= 11 is 0. The highest BCUT2D eigenvalue weighted by atomic mass is 16.6. The zero-order valence-corrected chi connectivity index (χ0v) is 21.7. The molecule has 0 bridgehead atoms. The lowest BCUT2D eigenvalue weighted by atomic mass is 9.98. The third kappa shape index (κ3) is 9.32. The van der Waals surface area contributed by atoms with Crippen molar-refractivity contribution in [2.75, 3.05) is 0 Å². The van der Waals surface area contributed by atoms with Gasteiger partial charge in [0.2, 0.25) is 17.7 Å². The van der Waals surface area contributed by atoms with Gasteiger partial charge in [-0.3, -0.25) is 14.4 Å². The molecule has 4 N–H and O–H groups in total. The van der Waals surface area contributed by atoms with Gasteiger partial charge in [0.15, 0.2) is 0 Å². The molecule has 1 aromatic rings. The summed E-state index contributed by atoms with van der Waals surface area (Å²) in [6.45, 7) is 12.3. The highest BCUT2D eigenvalue weighted by molar-refractivity contribution is 5.94. The number of hydrogen-bond acceptors (Lipinski definition) is 5. The maximum atomic E-state index is 13.8. The third-order valence-corrected chi connectivity index (χ3v) is 5.07. The molecular formula is C26H38N4O5. The van der Waals surface area contributed by atoms with E-state index in [2.05, 4.69) is 16.6 Å². The van der Waals surface area contributed by atoms with Gasteiger partial charge in [-0.05, 0) is 65.7 Å². The first-order valence-electron chi connectivity index (χ1n) is 11.7. The Balaban J connectivity index is 3.55. The van der Waals surface area contributed by atoms with E-state index in [1.807, 2.05) is 20.8 Å². The minimum atomic E-state index is -1.32. The normalized spacial score (nSPS) is 13.7. The summed E-state index contributed by atoms with van der Waals surface area (Å²) in [7, 11) is 0. The molecule has 1 aromatic carbocycles. The molecule has 9 heteroatoms. The van der Waals surface area contributed by atoms with Crippen molar-refractivity contribution in [3.63, 3.8) is 0 Å². The fourth-order valence-electron chi connectivity index (χ4n) is 3.39. The molecule has 0 heterocycles. The number of terminal acetylenes is 1. The maximum absolute atomic E-state index is 13.8. The second-order valence-corrected chi connectivity index (χ2v) is 9.70. The summed E-state index contributed by atoms with van der Waals surface area (Å²) in [4.78, 5) is 52.9. The number of primary amides is 1. The average Bonchev–Trinajstić information content (AvgIpc) is 2.73. The number of amides is 4. The summed E-state index contributed by atoms with van der Waals surface area (Å²) in [5, 5.41) is 5.32. The number of nitrogens with two attached hydrogens (primary N) is 1. The van der Waals surface area contributed by atoms with E-state index in [1.165, 1.54) is 4.90 Å². The fourth-order valence-corrected chi connectivity index (χ4v) is 3.39. The zero-order chi connectivity index (χ0) is 26.9. The predicted molar refractivity (Wildman–Crippen MR) is 134 cm³/mol. The highest BCUT2D eigenvalue weighted by Gasteiger charge is 2.39. The molecule has 0 aliphatic carbocycles. The van der Waals surface area contributed by atoms with Gasteiger partial charge in [0, 0.05) is 17.6 Å². The van der Waals surface area contributed by atoms with Gasteiger partial charge >= 0.3 is 6.09 Å². The van der Waals surface area contributed by atoms with Gasteiger partial charge in [0.1, 0.15) is 17.7 Å². The van der Waals surface area contributed by atoms with Crippen molar-refractivity contribution in [1.29, 1.82) is 0 Å². The Bertz CT molecular complexity index is 944. The van der Waals surface area contributed by atoms with Crippen molar-refractivity contribution in [1.82, 2.24) is 15.5 Å². The standard InChI is InChI=1S/C26H38N4O5/c1-9-17(5)30(24(33)20(15-21(27)31)29-25(34)35-26(6,7)8)22(23(32)28-16(3)4)19-13-11-18(10-2)12-14-19/h2,11-14,16-17,20,22H,9,15H2,1,3-8H3,(H2,27,31)(H,28,32)(H,29,34). The Morgan fingerprint density at radius 2 is 1.66 bits per heavy atom. The number of nitrogens with one attached hydrogen (secondary N) is 2. The Morgan fingerprint density at radius 3 is 2.09 bits per heavy atom. The van der Waals surface area contributed by atoms with Gasteiger partial charge in [-0.1, -0.05) is 25.0 Å². The van der Waals surface area contributed by atoms with Gasteiger partial charge in [-0.2, -0.15) is 0 Å². The van der Waals surface area contributed by atoms with Gasteiger partial charge in [-0.25, -0.2) is 4.79 Å². The fraction of sp³-hybridized carbons (Fsp3) is 0.538. The molecule has 3 unspecified atom stereocenters. The Hall–Kier alpha value is -3.54. The van der Waals surface area contributed by atoms with E-state index in [0.717, 1.165) is 0 Å². The number of alkyl carbamates (subject to hydrolysis) is 1. The van der Waals surface area contributed by atoms with Gasteiger partial charge < -0.3 is 26.0 Å². The monoisotopic (exact) mass is 486 g/mol. The molecule has 192 valence electrons. The molecule has 4 amide bonds. The first kappa shape index (κ1) is 29.5. The van der Waals surface area contributed by atoms with Crippen LogP contribution in [0.15, 0.2) is 24.3 Å². The number of ether oxygens (including phenoxy) is 1. The Kier molecular flexibility index (Phi) is 10.8. The number of nitrogens with zero attached hydrogens (tertiary/aromatic N) is 1. The second kappa shape index (κ2) is 12.8. The molecule has 0 fully saturated rings. The number of rotatable bonds is 10. The van der Waals surface area contributed by atoms with Crippen molar-refractivity contribution in [2.24, 2.45) is 5.73 Å². The van der Waals surface area contributed by atoms with Crippen molar-refractivity contribution < 1.29 is 23.9 Å². The maximum Gasteiger partial charge on any atom is 0.408 e. The van der Waals surface area contributed by atoms with Crippen LogP contribution in [0.4, 0.5) is 4.79 Å². The lowest BCUT2D eigenvalue weighted by Gasteiger charge is -2.38. The molecule has 0 radical (unpaired) electrons. The lowest BCUT2D eigenvalue weighted by molar-refractivity contribution is -0.146. The predicted octanol–water partition coefficient (Wildman–Crippen LogP) is 2.63. The molecule has 9 nitrogen and oxygen atoms in total. The molecule has 0 aliphatic heterocycles. The van der Waals surface area contributed by atoms with Crippen LogP contribution in [0.1, 0.15) is 78.5 Å². The summed E-state index contributed by atoms with van der Waals surface area (Å²) in [5.74, 6) is 0.704. The first-order valence-corrected chi connectivity index (χ1v) is 11.7. The number of benzene rings is 1. The minimum absolute atomic E-state index is 0.190. The van der Waals surface area contributed by atoms with E-state index in [0.29, 0.717) is 17.5 Å². The molecule has 0 aliphatic rings. The lowest BCUT2D eigenvalue weighted by Crippen LogP contribution is -2.56. The Labute approximate surface area is 208 Å². The van der Waals surface area contributed by atoms with Crippen molar-refractivity contribution >= 4 is 23.8 Å². The average molecular weight is 487 g/mol. The van der Waals surface area contributed by atoms with Crippen LogP contribution in [0.25, 0.3) is 0 Å². The summed E-state index contributed by atoms with van der Waals surface area (Å²) in [6.07, 6.45) is 4.64. The Morgan fingerprint density at radius 1 is 1.09 bits per heavy atom. The van der Waals surface area contributed by atoms with E-state index in [4.69, 9.17) is 16.9 Å². The van der Waals surface area contributed by atoms with E-state index < -0.39 is 54.0 Å². The number of hydrogen-bond donors (Lipinski definition) is 3. The minimum Gasteiger partial charge on any atom is -0.444 e. The largest absolute Gasteiger partial charge is 0.444 e. The van der Waals surface area contributed by atoms with E-state index in [1.54, 1.807) is 52.0 Å². The van der Waals surface area contributed by atoms with Crippen molar-refractivity contribution in [3.05, 3.63) is 35.4 Å². The van der Waals surface area contributed by atoms with E-state index in [9.17, 15) is 19.2 Å². The molecule has 0 saturated carbocycles. The molecule has 0 saturated heterocycles. The summed E-state index contributed by atoms with van der Waals surface area (Å²) < 4.78 is 5.27. The van der Waals surface area contributed by atoms with Crippen LogP contribution in [0, 0.1) is 12.3 Å². The van der Waals surface area contributed by atoms with Crippen LogP contribution in [0.2, 0.25) is 0 Å². The van der Waals surface area contributed by atoms with Crippen molar-refractivity contribution in [2.45, 2.75) is 91.1 Å². The SMILES string of the molecule is C#Cc1ccc(C(C(=O)NC(C)C)N(C(=O)C(CC(N)=O)NC(=O)OC(C)(C)C)C(C)CC)cc1. The van der Waals surface area contributed by atoms with Crippen LogP contribution in [-0.4, -0.2) is 52.4 Å². The van der Waals surface area contributed by atoms with Crippen LogP contribution >= 0.6 is 0 Å². The molecule has 3 atom stereocenters. The quantitative estimate of drug-likeness (QED) is 0.438. The molecular weight excluding hydrogens is 448 g/mol. The van der Waals surface area contributed by atoms with Crippen LogP contribution in [-0.2, 0) is 19.1 Å². The smallest absolute Gasteiger partial charge is 0.408 e. The van der Waals surface area contributed by atoms with E-state index >= 15 is 0 Å². The first-order chi connectivity index (χ1) is 16.2. The molecule has 1 rings (SSSR count). The third-order valence-electron chi connectivity index (χ3n) is 5.07. The molecule has 0 aromatic heterocycles. The number of carbonyl (C=O) groups excluding carboxylic acids is 4. The second-order valence-electron chi connectivity index (χ2n) is 9.70. The van der Waals surface area contributed by atoms with Crippen LogP contribution < -0.4 is 16.4 Å². The number of carbonyl (C=O) groups is 4. The highest BCUT2D eigenvalue weighted by Crippen LogP contribution is 2.27. The molecule has 35 heavy (non-hydrogen) atoms. The van der Waals surface area contributed by atoms with E-state index in [-0.39, 0.29) is 6.04 Å². The summed E-state index contributed by atoms with van der Waals surface area (Å²) in [5.41, 5.74) is 5.72. The van der Waals surface area contributed by atoms with Gasteiger partial charge in [0.25, 0.3) is 0 Å². The topological polar surface area (TPSA) is 131 Å². The zero-order valence-electron chi connectivity index (χ0n) is 21.7. The van der Waals surface area contributed by atoms with Crippen LogP contribution in [0.3, 0.4) is 0 Å². The van der Waals surface area contributed by atoms with Crippen molar-refractivity contribution in [3.8, 4) is 12.3 Å². The van der Waals surface area contributed by atoms with Crippen LogP contribution in [0.5, 0.6) is 0 Å². The van der Waals surface area contributed by atoms with Gasteiger partial charge in [-0.15, -0.1) is 6.42 Å². The summed E-state index contributed by atoms with van der Waals surface area (Å²) in [6, 6.07) is 3.77. The van der Waals surface area contributed by atoms with Gasteiger partial charge in [0.05, 0.1) is 6.42 Å².